The summed E-state index contributed by atoms with van der Waals surface area (Å²) in [5.74, 6) is -0.722. The van der Waals surface area contributed by atoms with Gasteiger partial charge in [0.1, 0.15) is 5.60 Å². The first-order valence-electron chi connectivity index (χ1n) is 10.7. The van der Waals surface area contributed by atoms with E-state index < -0.39 is 11.7 Å². The summed E-state index contributed by atoms with van der Waals surface area (Å²) >= 11 is 0. The van der Waals surface area contributed by atoms with Gasteiger partial charge in [0.25, 0.3) is 11.8 Å². The Labute approximate surface area is 188 Å². The molecule has 7 heteroatoms. The first-order valence-corrected chi connectivity index (χ1v) is 10.7. The third-order valence-corrected chi connectivity index (χ3v) is 6.18. The molecule has 0 atom stereocenters. The summed E-state index contributed by atoms with van der Waals surface area (Å²) in [7, 11) is 1.49. The zero-order chi connectivity index (χ0) is 23.2. The first kappa shape index (κ1) is 19.5. The van der Waals surface area contributed by atoms with Crippen molar-refractivity contribution in [2.75, 3.05) is 7.05 Å². The van der Waals surface area contributed by atoms with Gasteiger partial charge in [0.15, 0.2) is 0 Å². The maximum atomic E-state index is 13.5. The number of nitrogens with one attached hydrogen (secondary N) is 1. The van der Waals surface area contributed by atoms with Crippen molar-refractivity contribution in [3.63, 3.8) is 0 Å². The molecule has 3 heterocycles. The zero-order valence-electron chi connectivity index (χ0n) is 18.6. The highest BCUT2D eigenvalue weighted by Gasteiger charge is 2.40. The number of ether oxygens (including phenoxy) is 1. The number of nitrogens with zero attached hydrogens (tertiary/aromatic N) is 2. The molecule has 1 N–H and O–H groups in total. The molecule has 2 amide bonds. The number of aromatic nitrogens is 2. The van der Waals surface area contributed by atoms with Gasteiger partial charge in [-0.25, -0.2) is 9.36 Å². The molecule has 0 fully saturated rings. The van der Waals surface area contributed by atoms with E-state index in [1.165, 1.54) is 11.6 Å². The predicted octanol–water partition coefficient (Wildman–Crippen LogP) is 5.44. The molecule has 0 saturated heterocycles. The molecule has 1 aliphatic rings. The van der Waals surface area contributed by atoms with Gasteiger partial charge < -0.3 is 9.72 Å². The summed E-state index contributed by atoms with van der Waals surface area (Å²) in [5, 5.41) is 2.76. The molecule has 0 spiro atoms. The van der Waals surface area contributed by atoms with Gasteiger partial charge in [-0.3, -0.25) is 14.5 Å². The molecule has 0 aliphatic carbocycles. The Hall–Kier alpha value is -4.13. The number of rotatable bonds is 0. The molecule has 0 saturated carbocycles. The standard InChI is InChI=1S/C26H21N3O4/c1-26(2,3)33-25(32)29-16-12-8-6-10-14(16)18-20-19(23(30)28(4)24(20)31)17-13-9-5-7-11-15(13)27-21(17)22(18)29/h5-12,27H,1-4H3. The van der Waals surface area contributed by atoms with E-state index in [1.807, 2.05) is 69.3 Å². The smallest absolute Gasteiger partial charge is 0.419 e. The van der Waals surface area contributed by atoms with Crippen LogP contribution in [-0.2, 0) is 4.74 Å². The Balaban J connectivity index is 1.92. The number of imide groups is 1. The van der Waals surface area contributed by atoms with Crippen molar-refractivity contribution in [1.82, 2.24) is 14.5 Å². The second-order valence-electron chi connectivity index (χ2n) is 9.40. The van der Waals surface area contributed by atoms with E-state index in [-0.39, 0.29) is 11.8 Å². The van der Waals surface area contributed by atoms with E-state index in [0.717, 1.165) is 15.8 Å². The number of amides is 2. The van der Waals surface area contributed by atoms with Gasteiger partial charge in [-0.1, -0.05) is 36.4 Å². The first-order chi connectivity index (χ1) is 15.7. The summed E-state index contributed by atoms with van der Waals surface area (Å²) in [6, 6.07) is 15.0. The number of H-pyrrole nitrogens is 1. The predicted molar refractivity (Wildman–Crippen MR) is 127 cm³/mol. The number of carbonyl (C=O) groups excluding carboxylic acids is 3. The van der Waals surface area contributed by atoms with E-state index in [0.29, 0.717) is 43.8 Å². The van der Waals surface area contributed by atoms with Crippen LogP contribution in [0.25, 0.3) is 43.6 Å². The summed E-state index contributed by atoms with van der Waals surface area (Å²) in [6.07, 6.45) is -0.543. The van der Waals surface area contributed by atoms with Crippen LogP contribution in [0, 0.1) is 0 Å². The van der Waals surface area contributed by atoms with Crippen LogP contribution < -0.4 is 0 Å². The van der Waals surface area contributed by atoms with Gasteiger partial charge in [0.2, 0.25) is 0 Å². The van der Waals surface area contributed by atoms with Gasteiger partial charge in [-0.05, 0) is 32.9 Å². The van der Waals surface area contributed by atoms with Gasteiger partial charge in [0, 0.05) is 34.1 Å². The fourth-order valence-electron chi connectivity index (χ4n) is 4.91. The molecule has 7 nitrogen and oxygen atoms in total. The van der Waals surface area contributed by atoms with Gasteiger partial charge >= 0.3 is 6.09 Å². The van der Waals surface area contributed by atoms with Crippen LogP contribution in [0.1, 0.15) is 41.5 Å². The Morgan fingerprint density at radius 3 is 2.18 bits per heavy atom. The minimum Gasteiger partial charge on any atom is -0.443 e. The molecule has 0 unspecified atom stereocenters. The van der Waals surface area contributed by atoms with E-state index in [2.05, 4.69) is 4.98 Å². The molecule has 2 aromatic heterocycles. The van der Waals surface area contributed by atoms with Crippen LogP contribution in [0.3, 0.4) is 0 Å². The van der Waals surface area contributed by atoms with Crippen LogP contribution in [0.15, 0.2) is 48.5 Å². The lowest BCUT2D eigenvalue weighted by molar-refractivity contribution is 0.0550. The quantitative estimate of drug-likeness (QED) is 0.326. The van der Waals surface area contributed by atoms with Gasteiger partial charge in [-0.15, -0.1) is 0 Å². The highest BCUT2D eigenvalue weighted by molar-refractivity contribution is 6.39. The van der Waals surface area contributed by atoms with Gasteiger partial charge in [0.05, 0.1) is 27.7 Å². The number of carbonyl (C=O) groups is 3. The van der Waals surface area contributed by atoms with E-state index in [9.17, 15) is 14.4 Å². The number of fused-ring (bicyclic) bond motifs is 10. The molecule has 33 heavy (non-hydrogen) atoms. The zero-order valence-corrected chi connectivity index (χ0v) is 18.6. The lowest BCUT2D eigenvalue weighted by Crippen LogP contribution is -2.27. The molecule has 1 aliphatic heterocycles. The summed E-state index contributed by atoms with van der Waals surface area (Å²) in [6.45, 7) is 5.44. The van der Waals surface area contributed by atoms with Crippen LogP contribution in [0.4, 0.5) is 4.79 Å². The van der Waals surface area contributed by atoms with Crippen molar-refractivity contribution in [2.45, 2.75) is 26.4 Å². The SMILES string of the molecule is CN1C(=O)c2c(c3c4ccccc4n(C(=O)OC(C)(C)C)c3c3[nH]c4ccccc4c23)C1=O. The van der Waals surface area contributed by atoms with Crippen LogP contribution in [0.5, 0.6) is 0 Å². The molecule has 3 aromatic carbocycles. The Morgan fingerprint density at radius 2 is 1.48 bits per heavy atom. The van der Waals surface area contributed by atoms with Crippen LogP contribution in [-0.4, -0.2) is 45.0 Å². The van der Waals surface area contributed by atoms with Crippen molar-refractivity contribution < 1.29 is 19.1 Å². The molecular formula is C26H21N3O4. The van der Waals surface area contributed by atoms with Crippen molar-refractivity contribution in [3.05, 3.63) is 59.7 Å². The minimum atomic E-state index is -0.711. The van der Waals surface area contributed by atoms with Crippen LogP contribution >= 0.6 is 0 Å². The van der Waals surface area contributed by atoms with Crippen molar-refractivity contribution in [3.8, 4) is 0 Å². The summed E-state index contributed by atoms with van der Waals surface area (Å²) in [4.78, 5) is 44.6. The average Bonchev–Trinajstić information content (AvgIpc) is 3.38. The summed E-state index contributed by atoms with van der Waals surface area (Å²) < 4.78 is 7.28. The second-order valence-corrected chi connectivity index (χ2v) is 9.40. The average molecular weight is 439 g/mol. The van der Waals surface area contributed by atoms with E-state index in [1.54, 1.807) is 0 Å². The monoisotopic (exact) mass is 439 g/mol. The van der Waals surface area contributed by atoms with Crippen LogP contribution in [0.2, 0.25) is 0 Å². The van der Waals surface area contributed by atoms with Crippen molar-refractivity contribution >= 4 is 61.5 Å². The molecule has 5 aromatic rings. The van der Waals surface area contributed by atoms with E-state index >= 15 is 0 Å². The molecule has 0 bridgehead atoms. The number of aromatic amines is 1. The maximum absolute atomic E-state index is 13.5. The largest absolute Gasteiger partial charge is 0.443 e. The van der Waals surface area contributed by atoms with Crippen molar-refractivity contribution in [1.29, 1.82) is 0 Å². The third-order valence-electron chi connectivity index (χ3n) is 6.18. The highest BCUT2D eigenvalue weighted by Crippen LogP contribution is 2.44. The Morgan fingerprint density at radius 1 is 0.879 bits per heavy atom. The highest BCUT2D eigenvalue weighted by atomic mass is 16.6. The second kappa shape index (κ2) is 6.22. The molecule has 6 rings (SSSR count). The van der Waals surface area contributed by atoms with Gasteiger partial charge in [-0.2, -0.15) is 0 Å². The minimum absolute atomic E-state index is 0.327. The molecular weight excluding hydrogens is 418 g/mol. The number of para-hydroxylation sites is 2. The number of benzene rings is 3. The molecule has 0 radical (unpaired) electrons. The maximum Gasteiger partial charge on any atom is 0.419 e. The molecule has 164 valence electrons. The lowest BCUT2D eigenvalue weighted by Gasteiger charge is -2.20. The Bertz CT molecular complexity index is 1700. The third kappa shape index (κ3) is 2.47. The number of hydrogen-bond donors (Lipinski definition) is 1. The summed E-state index contributed by atoms with van der Waals surface area (Å²) in [5.41, 5.74) is 2.58. The fraction of sp³-hybridized carbons (Fsp3) is 0.192. The topological polar surface area (TPSA) is 84.4 Å². The normalized spacial score (nSPS) is 14.2. The number of hydrogen-bond acceptors (Lipinski definition) is 4. The lowest BCUT2D eigenvalue weighted by atomic mass is 9.97. The Kier molecular flexibility index (Phi) is 3.69. The fourth-order valence-corrected chi connectivity index (χ4v) is 4.91. The van der Waals surface area contributed by atoms with Crippen molar-refractivity contribution in [2.24, 2.45) is 0 Å². The van der Waals surface area contributed by atoms with E-state index in [4.69, 9.17) is 4.74 Å².